The highest BCUT2D eigenvalue weighted by Crippen LogP contribution is 2.24. The minimum absolute atomic E-state index is 0.216. The summed E-state index contributed by atoms with van der Waals surface area (Å²) >= 11 is 0. The number of nitrogens with one attached hydrogen (secondary N) is 2. The fraction of sp³-hybridized carbons (Fsp3) is 0.500. The number of hydrogen-bond acceptors (Lipinski definition) is 5. The van der Waals surface area contributed by atoms with Gasteiger partial charge in [-0.25, -0.2) is 9.18 Å². The van der Waals surface area contributed by atoms with E-state index >= 15 is 0 Å². The summed E-state index contributed by atoms with van der Waals surface area (Å²) < 4.78 is 18.2. The van der Waals surface area contributed by atoms with Crippen LogP contribution in [-0.4, -0.2) is 46.9 Å². The van der Waals surface area contributed by atoms with Crippen molar-refractivity contribution in [1.29, 1.82) is 0 Å². The van der Waals surface area contributed by atoms with Gasteiger partial charge in [0.05, 0.1) is 0 Å². The number of anilines is 1. The van der Waals surface area contributed by atoms with Crippen LogP contribution in [0.25, 0.3) is 0 Å². The first kappa shape index (κ1) is 22.3. The first-order valence-electron chi connectivity index (χ1n) is 9.42. The van der Waals surface area contributed by atoms with Gasteiger partial charge in [-0.2, -0.15) is 0 Å². The Morgan fingerprint density at radius 2 is 1.97 bits per heavy atom. The summed E-state index contributed by atoms with van der Waals surface area (Å²) in [5, 5.41) is 5.04. The Hall–Kier alpha value is -2.97. The molecular formula is C20H26FN3O5. The lowest BCUT2D eigenvalue weighted by atomic mass is 9.92. The Kier molecular flexibility index (Phi) is 6.94. The highest BCUT2D eigenvalue weighted by Gasteiger charge is 2.48. The second kappa shape index (κ2) is 9.02. The van der Waals surface area contributed by atoms with Crippen LogP contribution in [0, 0.1) is 11.7 Å². The van der Waals surface area contributed by atoms with E-state index < -0.39 is 47.8 Å². The van der Waals surface area contributed by atoms with E-state index in [2.05, 4.69) is 10.6 Å². The Morgan fingerprint density at radius 1 is 1.28 bits per heavy atom. The van der Waals surface area contributed by atoms with Crippen molar-refractivity contribution in [3.8, 4) is 0 Å². The number of hydrogen-bond donors (Lipinski definition) is 2. The molecule has 0 aliphatic carbocycles. The molecule has 1 aromatic rings. The predicted octanol–water partition coefficient (Wildman–Crippen LogP) is 2.44. The molecule has 1 saturated heterocycles. The van der Waals surface area contributed by atoms with E-state index in [1.165, 1.54) is 25.1 Å². The van der Waals surface area contributed by atoms with Crippen molar-refractivity contribution in [2.45, 2.75) is 52.2 Å². The van der Waals surface area contributed by atoms with Gasteiger partial charge in [0, 0.05) is 5.69 Å². The SMILES string of the molecule is CC(C)CC[C@]1(C)NC(=O)N(CC(=O)O[C@H](C)C(=O)Nc2cccc(F)c2)C1=O. The molecule has 29 heavy (non-hydrogen) atoms. The van der Waals surface area contributed by atoms with Crippen molar-refractivity contribution >= 4 is 29.5 Å². The Labute approximate surface area is 168 Å². The number of nitrogens with zero attached hydrogens (tertiary/aromatic N) is 1. The van der Waals surface area contributed by atoms with Gasteiger partial charge in [-0.3, -0.25) is 19.3 Å². The molecule has 0 saturated carbocycles. The van der Waals surface area contributed by atoms with Crippen molar-refractivity contribution in [2.75, 3.05) is 11.9 Å². The number of benzene rings is 1. The zero-order valence-electron chi connectivity index (χ0n) is 17.0. The molecule has 2 atom stereocenters. The summed E-state index contributed by atoms with van der Waals surface area (Å²) in [6.45, 7) is 6.38. The van der Waals surface area contributed by atoms with E-state index in [4.69, 9.17) is 4.74 Å². The molecule has 0 bridgehead atoms. The fourth-order valence-corrected chi connectivity index (χ4v) is 2.86. The van der Waals surface area contributed by atoms with Crippen LogP contribution in [0.15, 0.2) is 24.3 Å². The van der Waals surface area contributed by atoms with Crippen LogP contribution in [0.3, 0.4) is 0 Å². The minimum atomic E-state index is -1.20. The Morgan fingerprint density at radius 3 is 2.59 bits per heavy atom. The molecule has 0 aromatic heterocycles. The average Bonchev–Trinajstić information content (AvgIpc) is 2.83. The van der Waals surface area contributed by atoms with Crippen LogP contribution in [0.5, 0.6) is 0 Å². The topological polar surface area (TPSA) is 105 Å². The van der Waals surface area contributed by atoms with Crippen molar-refractivity contribution in [2.24, 2.45) is 5.92 Å². The normalized spacial score (nSPS) is 19.9. The maximum Gasteiger partial charge on any atom is 0.327 e. The molecule has 2 rings (SSSR count). The number of amides is 4. The Balaban J connectivity index is 1.91. The summed E-state index contributed by atoms with van der Waals surface area (Å²) in [5.74, 6) is -2.23. The molecule has 9 heteroatoms. The minimum Gasteiger partial charge on any atom is -0.451 e. The van der Waals surface area contributed by atoms with Crippen LogP contribution >= 0.6 is 0 Å². The van der Waals surface area contributed by atoms with Crippen LogP contribution in [-0.2, 0) is 19.1 Å². The first-order chi connectivity index (χ1) is 13.5. The maximum absolute atomic E-state index is 13.2. The van der Waals surface area contributed by atoms with Crippen LogP contribution in [0.4, 0.5) is 14.9 Å². The molecule has 1 aliphatic rings. The lowest BCUT2D eigenvalue weighted by Gasteiger charge is -2.22. The number of imide groups is 1. The van der Waals surface area contributed by atoms with Gasteiger partial charge >= 0.3 is 12.0 Å². The van der Waals surface area contributed by atoms with Gasteiger partial charge in [0.15, 0.2) is 6.10 Å². The van der Waals surface area contributed by atoms with Crippen LogP contribution < -0.4 is 10.6 Å². The van der Waals surface area contributed by atoms with E-state index in [1.54, 1.807) is 6.92 Å². The third kappa shape index (κ3) is 5.75. The second-order valence-electron chi connectivity index (χ2n) is 7.72. The number of esters is 1. The lowest BCUT2D eigenvalue weighted by molar-refractivity contribution is -0.155. The second-order valence-corrected chi connectivity index (χ2v) is 7.72. The molecule has 0 unspecified atom stereocenters. The highest BCUT2D eigenvalue weighted by molar-refractivity contribution is 6.08. The zero-order chi connectivity index (χ0) is 21.8. The number of carbonyl (C=O) groups excluding carboxylic acids is 4. The molecule has 1 fully saturated rings. The van der Waals surface area contributed by atoms with E-state index in [9.17, 15) is 23.6 Å². The van der Waals surface area contributed by atoms with Crippen LogP contribution in [0.2, 0.25) is 0 Å². The van der Waals surface area contributed by atoms with Crippen molar-refractivity contribution in [3.05, 3.63) is 30.1 Å². The van der Waals surface area contributed by atoms with Gasteiger partial charge in [0.25, 0.3) is 11.8 Å². The van der Waals surface area contributed by atoms with Crippen LogP contribution in [0.1, 0.15) is 40.5 Å². The van der Waals surface area contributed by atoms with Gasteiger partial charge in [-0.15, -0.1) is 0 Å². The van der Waals surface area contributed by atoms with E-state index in [-0.39, 0.29) is 5.69 Å². The van der Waals surface area contributed by atoms with Crippen molar-refractivity contribution in [1.82, 2.24) is 10.2 Å². The van der Waals surface area contributed by atoms with Gasteiger partial charge in [0.2, 0.25) is 0 Å². The van der Waals surface area contributed by atoms with E-state index in [1.807, 2.05) is 13.8 Å². The molecule has 4 amide bonds. The lowest BCUT2D eigenvalue weighted by Crippen LogP contribution is -2.44. The third-order valence-electron chi connectivity index (χ3n) is 4.62. The van der Waals surface area contributed by atoms with Gasteiger partial charge in [-0.05, 0) is 50.8 Å². The van der Waals surface area contributed by atoms with Crippen molar-refractivity contribution in [3.63, 3.8) is 0 Å². The highest BCUT2D eigenvalue weighted by atomic mass is 19.1. The molecule has 1 aromatic carbocycles. The van der Waals surface area contributed by atoms with E-state index in [0.717, 1.165) is 17.4 Å². The summed E-state index contributed by atoms with van der Waals surface area (Å²) in [4.78, 5) is 49.8. The zero-order valence-corrected chi connectivity index (χ0v) is 17.0. The number of rotatable bonds is 8. The summed E-state index contributed by atoms with van der Waals surface area (Å²) in [6.07, 6.45) is -0.00966. The molecule has 158 valence electrons. The van der Waals surface area contributed by atoms with Gasteiger partial charge in [-0.1, -0.05) is 19.9 Å². The number of carbonyl (C=O) groups is 4. The quantitative estimate of drug-likeness (QED) is 0.509. The summed E-state index contributed by atoms with van der Waals surface area (Å²) in [6, 6.07) is 4.59. The molecular weight excluding hydrogens is 381 g/mol. The third-order valence-corrected chi connectivity index (χ3v) is 4.62. The molecule has 1 heterocycles. The smallest absolute Gasteiger partial charge is 0.327 e. The van der Waals surface area contributed by atoms with Gasteiger partial charge in [0.1, 0.15) is 17.9 Å². The standard InChI is InChI=1S/C20H26FN3O5/c1-12(2)8-9-20(4)18(27)24(19(28)23-20)11-16(25)29-13(3)17(26)22-15-7-5-6-14(21)10-15/h5-7,10,12-13H,8-9,11H2,1-4H3,(H,22,26)(H,23,28)/t13-,20+/m1/s1. The molecule has 0 spiro atoms. The molecule has 2 N–H and O–H groups in total. The molecule has 8 nitrogen and oxygen atoms in total. The summed E-state index contributed by atoms with van der Waals surface area (Å²) in [5.41, 5.74) is -0.852. The number of ether oxygens (including phenoxy) is 1. The average molecular weight is 407 g/mol. The van der Waals surface area contributed by atoms with Crippen molar-refractivity contribution < 1.29 is 28.3 Å². The first-order valence-corrected chi connectivity index (χ1v) is 9.42. The number of urea groups is 1. The monoisotopic (exact) mass is 407 g/mol. The van der Waals surface area contributed by atoms with E-state index in [0.29, 0.717) is 12.3 Å². The maximum atomic E-state index is 13.2. The molecule has 1 aliphatic heterocycles. The molecule has 0 radical (unpaired) electrons. The number of halogens is 1. The predicted molar refractivity (Wildman–Crippen MR) is 103 cm³/mol. The Bertz CT molecular complexity index is 813. The summed E-state index contributed by atoms with van der Waals surface area (Å²) in [7, 11) is 0. The fourth-order valence-electron chi connectivity index (χ4n) is 2.86. The largest absolute Gasteiger partial charge is 0.451 e. The van der Waals surface area contributed by atoms with Gasteiger partial charge < -0.3 is 15.4 Å².